The summed E-state index contributed by atoms with van der Waals surface area (Å²) < 4.78 is 10.4. The summed E-state index contributed by atoms with van der Waals surface area (Å²) in [5.41, 5.74) is 1.68. The van der Waals surface area contributed by atoms with Crippen LogP contribution in [-0.4, -0.2) is 12.6 Å². The van der Waals surface area contributed by atoms with E-state index in [0.29, 0.717) is 17.1 Å². The first-order valence-corrected chi connectivity index (χ1v) is 6.00. The van der Waals surface area contributed by atoms with Crippen molar-refractivity contribution in [2.45, 2.75) is 0 Å². The summed E-state index contributed by atoms with van der Waals surface area (Å²) in [5, 5.41) is 0. The average molecular weight is 252 g/mol. The fourth-order valence-corrected chi connectivity index (χ4v) is 1.90. The highest BCUT2D eigenvalue weighted by molar-refractivity contribution is 6.08. The summed E-state index contributed by atoms with van der Waals surface area (Å²) in [6, 6.07) is 9.91. The van der Waals surface area contributed by atoms with Crippen molar-refractivity contribution in [2.75, 3.05) is 6.79 Å². The SMILES string of the molecule is O=C1C=C2OCOC2=C/C1=C\C=C/c1ccccc1. The number of ether oxygens (including phenoxy) is 2. The molecule has 1 heterocycles. The zero-order valence-corrected chi connectivity index (χ0v) is 10.2. The minimum absolute atomic E-state index is 0.0676. The second kappa shape index (κ2) is 4.98. The van der Waals surface area contributed by atoms with Crippen molar-refractivity contribution < 1.29 is 14.3 Å². The van der Waals surface area contributed by atoms with E-state index in [9.17, 15) is 4.79 Å². The number of carbonyl (C=O) groups is 1. The minimum Gasteiger partial charge on any atom is -0.454 e. The molecule has 1 saturated heterocycles. The largest absolute Gasteiger partial charge is 0.454 e. The predicted octanol–water partition coefficient (Wildman–Crippen LogP) is 2.98. The maximum atomic E-state index is 11.8. The number of hydrogen-bond donors (Lipinski definition) is 0. The van der Waals surface area contributed by atoms with Crippen LogP contribution in [0.1, 0.15) is 5.56 Å². The second-order valence-corrected chi connectivity index (χ2v) is 4.18. The number of benzene rings is 1. The second-order valence-electron chi connectivity index (χ2n) is 4.18. The first kappa shape index (κ1) is 11.5. The van der Waals surface area contributed by atoms with Crippen LogP contribution in [0.25, 0.3) is 6.08 Å². The van der Waals surface area contributed by atoms with Crippen LogP contribution < -0.4 is 0 Å². The van der Waals surface area contributed by atoms with Crippen LogP contribution in [0.2, 0.25) is 0 Å². The Balaban J connectivity index is 1.80. The molecule has 0 unspecified atom stereocenters. The van der Waals surface area contributed by atoms with E-state index >= 15 is 0 Å². The first-order chi connectivity index (χ1) is 9.33. The van der Waals surface area contributed by atoms with Gasteiger partial charge in [0.1, 0.15) is 0 Å². The normalized spacial score (nSPS) is 19.8. The molecule has 94 valence electrons. The molecule has 1 aliphatic heterocycles. The first-order valence-electron chi connectivity index (χ1n) is 6.00. The molecule has 0 saturated carbocycles. The number of allylic oxidation sites excluding steroid dienone is 5. The highest BCUT2D eigenvalue weighted by Gasteiger charge is 2.24. The van der Waals surface area contributed by atoms with Crippen LogP contribution in [0.15, 0.2) is 71.7 Å². The fourth-order valence-electron chi connectivity index (χ4n) is 1.90. The average Bonchev–Trinajstić information content (AvgIpc) is 2.87. The predicted molar refractivity (Wildman–Crippen MR) is 71.8 cm³/mol. The molecule has 0 radical (unpaired) electrons. The Morgan fingerprint density at radius 2 is 1.74 bits per heavy atom. The zero-order chi connectivity index (χ0) is 13.1. The number of hydrogen-bond acceptors (Lipinski definition) is 3. The maximum absolute atomic E-state index is 11.8. The molecule has 3 heteroatoms. The Morgan fingerprint density at radius 1 is 1.00 bits per heavy atom. The third-order valence-corrected chi connectivity index (χ3v) is 2.87. The third-order valence-electron chi connectivity index (χ3n) is 2.87. The van der Waals surface area contributed by atoms with E-state index in [-0.39, 0.29) is 12.6 Å². The van der Waals surface area contributed by atoms with Gasteiger partial charge in [-0.05, 0) is 11.6 Å². The zero-order valence-electron chi connectivity index (χ0n) is 10.2. The summed E-state index contributed by atoms with van der Waals surface area (Å²) in [5.74, 6) is 1.08. The summed E-state index contributed by atoms with van der Waals surface area (Å²) in [6.45, 7) is 0.179. The summed E-state index contributed by atoms with van der Waals surface area (Å²) in [4.78, 5) is 11.8. The van der Waals surface area contributed by atoms with Crippen molar-refractivity contribution in [3.05, 3.63) is 77.3 Å². The van der Waals surface area contributed by atoms with Gasteiger partial charge in [-0.3, -0.25) is 4.79 Å². The highest BCUT2D eigenvalue weighted by Crippen LogP contribution is 2.27. The van der Waals surface area contributed by atoms with Crippen LogP contribution in [0.3, 0.4) is 0 Å². The van der Waals surface area contributed by atoms with Gasteiger partial charge < -0.3 is 9.47 Å². The molecule has 19 heavy (non-hydrogen) atoms. The van der Waals surface area contributed by atoms with Crippen LogP contribution in [-0.2, 0) is 14.3 Å². The number of fused-ring (bicyclic) bond motifs is 1. The smallest absolute Gasteiger partial charge is 0.231 e. The molecule has 3 nitrogen and oxygen atoms in total. The van der Waals surface area contributed by atoms with Crippen LogP contribution in [0.5, 0.6) is 0 Å². The molecule has 2 aliphatic rings. The highest BCUT2D eigenvalue weighted by atomic mass is 16.7. The number of carbonyl (C=O) groups excluding carboxylic acids is 1. The van der Waals surface area contributed by atoms with E-state index in [2.05, 4.69) is 0 Å². The monoisotopic (exact) mass is 252 g/mol. The van der Waals surface area contributed by atoms with Crippen molar-refractivity contribution in [3.63, 3.8) is 0 Å². The van der Waals surface area contributed by atoms with Gasteiger partial charge in [0.2, 0.25) is 6.79 Å². The van der Waals surface area contributed by atoms with E-state index < -0.39 is 0 Å². The third kappa shape index (κ3) is 2.50. The van der Waals surface area contributed by atoms with Gasteiger partial charge in [-0.15, -0.1) is 0 Å². The molecule has 0 N–H and O–H groups in total. The molecule has 1 aromatic rings. The van der Waals surface area contributed by atoms with Crippen molar-refractivity contribution in [1.29, 1.82) is 0 Å². The maximum Gasteiger partial charge on any atom is 0.231 e. The Labute approximate surface area is 111 Å². The van der Waals surface area contributed by atoms with Gasteiger partial charge in [-0.1, -0.05) is 48.6 Å². The lowest BCUT2D eigenvalue weighted by Gasteiger charge is -2.05. The van der Waals surface area contributed by atoms with Crippen LogP contribution in [0, 0.1) is 0 Å². The quantitative estimate of drug-likeness (QED) is 0.759. The van der Waals surface area contributed by atoms with Crippen molar-refractivity contribution in [3.8, 4) is 0 Å². The molecule has 0 bridgehead atoms. The van der Waals surface area contributed by atoms with E-state index in [1.807, 2.05) is 42.5 Å². The molecule has 1 aromatic carbocycles. The number of rotatable bonds is 2. The van der Waals surface area contributed by atoms with Crippen molar-refractivity contribution >= 4 is 11.9 Å². The van der Waals surface area contributed by atoms with E-state index in [1.165, 1.54) is 6.08 Å². The fraction of sp³-hybridized carbons (Fsp3) is 0.0625. The lowest BCUT2D eigenvalue weighted by molar-refractivity contribution is -0.111. The van der Waals surface area contributed by atoms with E-state index in [0.717, 1.165) is 5.56 Å². The Kier molecular flexibility index (Phi) is 3.02. The standard InChI is InChI=1S/C16H12O3/c17-14-10-16-15(18-11-19-16)9-13(14)8-4-7-12-5-2-1-3-6-12/h1-10H,11H2/b7-4-,13-8+. The van der Waals surface area contributed by atoms with Gasteiger partial charge in [0, 0.05) is 11.6 Å². The van der Waals surface area contributed by atoms with Gasteiger partial charge in [0.05, 0.1) is 0 Å². The molecule has 1 fully saturated rings. The number of ketones is 1. The van der Waals surface area contributed by atoms with Gasteiger partial charge in [0.15, 0.2) is 17.3 Å². The topological polar surface area (TPSA) is 35.5 Å². The molecule has 0 atom stereocenters. The van der Waals surface area contributed by atoms with Gasteiger partial charge in [0.25, 0.3) is 0 Å². The lowest BCUT2D eigenvalue weighted by atomic mass is 10.0. The van der Waals surface area contributed by atoms with Crippen molar-refractivity contribution in [2.24, 2.45) is 0 Å². The van der Waals surface area contributed by atoms with Crippen LogP contribution >= 0.6 is 0 Å². The molecule has 1 aliphatic carbocycles. The summed E-state index contributed by atoms with van der Waals surface area (Å²) in [6.07, 6.45) is 8.75. The minimum atomic E-state index is -0.0676. The molecule has 0 amide bonds. The van der Waals surface area contributed by atoms with Gasteiger partial charge in [-0.2, -0.15) is 0 Å². The molecule has 3 rings (SSSR count). The summed E-state index contributed by atoms with van der Waals surface area (Å²) >= 11 is 0. The Bertz CT molecular complexity index is 619. The van der Waals surface area contributed by atoms with Crippen molar-refractivity contribution in [1.82, 2.24) is 0 Å². The molecular weight excluding hydrogens is 240 g/mol. The molecular formula is C16H12O3. The van der Waals surface area contributed by atoms with Gasteiger partial charge >= 0.3 is 0 Å². The molecule has 0 aromatic heterocycles. The molecule has 0 spiro atoms. The lowest BCUT2D eigenvalue weighted by Crippen LogP contribution is -2.04. The Hall–Kier alpha value is -2.55. The van der Waals surface area contributed by atoms with Gasteiger partial charge in [-0.25, -0.2) is 0 Å². The summed E-state index contributed by atoms with van der Waals surface area (Å²) in [7, 11) is 0. The Morgan fingerprint density at radius 3 is 2.53 bits per heavy atom. The van der Waals surface area contributed by atoms with E-state index in [1.54, 1.807) is 12.2 Å². The van der Waals surface area contributed by atoms with Crippen LogP contribution in [0.4, 0.5) is 0 Å². The van der Waals surface area contributed by atoms with E-state index in [4.69, 9.17) is 9.47 Å².